The third kappa shape index (κ3) is 7.65. The van der Waals surface area contributed by atoms with Crippen molar-refractivity contribution in [3.63, 3.8) is 0 Å². The molecule has 3 aromatic rings. The second kappa shape index (κ2) is 12.5. The van der Waals surface area contributed by atoms with Crippen LogP contribution in [0.3, 0.4) is 0 Å². The van der Waals surface area contributed by atoms with Gasteiger partial charge in [-0.3, -0.25) is 4.79 Å². The molecule has 0 saturated carbocycles. The van der Waals surface area contributed by atoms with Crippen molar-refractivity contribution in [1.82, 2.24) is 14.8 Å². The average molecular weight is 559 g/mol. The smallest absolute Gasteiger partial charge is 0.416 e. The molecule has 0 aliphatic heterocycles. The van der Waals surface area contributed by atoms with Crippen LogP contribution < -0.4 is 10.1 Å². The van der Waals surface area contributed by atoms with Crippen LogP contribution in [0, 0.1) is 6.92 Å². The Morgan fingerprint density at radius 1 is 1.22 bits per heavy atom. The van der Waals surface area contributed by atoms with E-state index < -0.39 is 17.6 Å². The first-order valence-corrected chi connectivity index (χ1v) is 12.5. The van der Waals surface area contributed by atoms with Crippen molar-refractivity contribution in [3.05, 3.63) is 76.0 Å². The van der Waals surface area contributed by atoms with Crippen LogP contribution in [0.15, 0.2) is 54.2 Å². The normalized spacial score (nSPS) is 11.4. The molecule has 0 fully saturated rings. The van der Waals surface area contributed by atoms with E-state index in [9.17, 15) is 18.0 Å². The van der Waals surface area contributed by atoms with Gasteiger partial charge in [0.25, 0.3) is 0 Å². The quantitative estimate of drug-likeness (QED) is 0.158. The lowest BCUT2D eigenvalue weighted by Gasteiger charge is -2.12. The highest BCUT2D eigenvalue weighted by atomic mass is 35.5. The van der Waals surface area contributed by atoms with Gasteiger partial charge < -0.3 is 14.6 Å². The Bertz CT molecular complexity index is 1230. The zero-order valence-electron chi connectivity index (χ0n) is 19.2. The lowest BCUT2D eigenvalue weighted by atomic mass is 10.2. The Morgan fingerprint density at radius 3 is 2.69 bits per heavy atom. The van der Waals surface area contributed by atoms with Gasteiger partial charge in [-0.2, -0.15) is 13.2 Å². The molecule has 3 rings (SSSR count). The van der Waals surface area contributed by atoms with E-state index in [1.165, 1.54) is 0 Å². The van der Waals surface area contributed by atoms with E-state index in [1.54, 1.807) is 12.1 Å². The molecule has 1 N–H and O–H groups in total. The van der Waals surface area contributed by atoms with Gasteiger partial charge in [-0.15, -0.1) is 16.8 Å². The molecule has 36 heavy (non-hydrogen) atoms. The fourth-order valence-corrected chi connectivity index (χ4v) is 4.38. The van der Waals surface area contributed by atoms with Crippen molar-refractivity contribution in [1.29, 1.82) is 0 Å². The number of aryl methyl sites for hydroxylation is 2. The molecule has 0 aliphatic carbocycles. The molecule has 1 amide bonds. The molecule has 0 aliphatic rings. The number of carbonyl (C=O) groups is 1. The topological polar surface area (TPSA) is 69.0 Å². The van der Waals surface area contributed by atoms with Gasteiger partial charge in [0.05, 0.1) is 28.6 Å². The number of rotatable bonds is 11. The number of hydrogen-bond acceptors (Lipinski definition) is 5. The first kappa shape index (κ1) is 27.9. The van der Waals surface area contributed by atoms with Crippen molar-refractivity contribution in [2.75, 3.05) is 17.7 Å². The number of hydrogen-bond donors (Lipinski definition) is 1. The number of anilines is 1. The molecular weight excluding hydrogens is 536 g/mol. The highest BCUT2D eigenvalue weighted by molar-refractivity contribution is 7.99. The van der Waals surface area contributed by atoms with Crippen LogP contribution in [-0.2, 0) is 23.9 Å². The summed E-state index contributed by atoms with van der Waals surface area (Å²) < 4.78 is 46.5. The van der Waals surface area contributed by atoms with Crippen molar-refractivity contribution in [2.45, 2.75) is 37.6 Å². The monoisotopic (exact) mass is 558 g/mol. The molecule has 1 aromatic heterocycles. The van der Waals surface area contributed by atoms with E-state index in [-0.39, 0.29) is 16.5 Å². The van der Waals surface area contributed by atoms with E-state index in [1.807, 2.05) is 23.6 Å². The average Bonchev–Trinajstić information content (AvgIpc) is 3.19. The Morgan fingerprint density at radius 2 is 2.00 bits per heavy atom. The fraction of sp³-hybridized carbons (Fsp3) is 0.292. The van der Waals surface area contributed by atoms with Crippen molar-refractivity contribution >= 4 is 46.6 Å². The van der Waals surface area contributed by atoms with E-state index in [4.69, 9.17) is 27.9 Å². The van der Waals surface area contributed by atoms with Crippen LogP contribution in [0.5, 0.6) is 5.75 Å². The number of amides is 1. The molecule has 0 unspecified atom stereocenters. The summed E-state index contributed by atoms with van der Waals surface area (Å²) in [5, 5.41) is 11.9. The second-order valence-corrected chi connectivity index (χ2v) is 9.48. The first-order chi connectivity index (χ1) is 17.1. The number of carbonyl (C=O) groups excluding carboxylic acids is 1. The predicted octanol–water partition coefficient (Wildman–Crippen LogP) is 6.84. The summed E-state index contributed by atoms with van der Waals surface area (Å²) in [5.41, 5.74) is -0.0672. The van der Waals surface area contributed by atoms with E-state index in [2.05, 4.69) is 22.1 Å². The third-order valence-corrected chi connectivity index (χ3v) is 6.48. The maximum Gasteiger partial charge on any atom is 0.416 e. The highest BCUT2D eigenvalue weighted by Gasteiger charge is 2.31. The number of thioether (sulfide) groups is 1. The molecule has 0 spiro atoms. The summed E-state index contributed by atoms with van der Waals surface area (Å²) in [4.78, 5) is 12.4. The summed E-state index contributed by atoms with van der Waals surface area (Å²) in [6.07, 6.45) is -1.60. The first-order valence-electron chi connectivity index (χ1n) is 10.8. The molecule has 6 nitrogen and oxygen atoms in total. The molecule has 2 aromatic carbocycles. The van der Waals surface area contributed by atoms with Gasteiger partial charge in [0, 0.05) is 18.0 Å². The van der Waals surface area contributed by atoms with Crippen LogP contribution >= 0.6 is 35.0 Å². The second-order valence-electron chi connectivity index (χ2n) is 7.69. The minimum absolute atomic E-state index is 0.00877. The van der Waals surface area contributed by atoms with Gasteiger partial charge in [0.1, 0.15) is 11.6 Å². The Hall–Kier alpha value is -2.69. The predicted molar refractivity (Wildman–Crippen MR) is 136 cm³/mol. The van der Waals surface area contributed by atoms with E-state index in [0.29, 0.717) is 42.0 Å². The summed E-state index contributed by atoms with van der Waals surface area (Å²) in [5.74, 6) is 0.841. The number of allylic oxidation sites excluding steroid dienone is 1. The van der Waals surface area contributed by atoms with Crippen molar-refractivity contribution < 1.29 is 22.7 Å². The van der Waals surface area contributed by atoms with E-state index in [0.717, 1.165) is 41.3 Å². The van der Waals surface area contributed by atoms with Crippen molar-refractivity contribution in [2.24, 2.45) is 0 Å². The standard InChI is InChI=1S/C24H23Cl2F3N4O2S/c1-3-10-33-21(5-4-11-35-20-9-7-17(25)12-15(20)2)31-32-23(33)36-14-22(34)30-19-13-16(24(27,28)29)6-8-18(19)26/h3,6-9,12-13H,1,4-5,10-11,14H2,2H3,(H,30,34). The van der Waals surface area contributed by atoms with Gasteiger partial charge in [0.2, 0.25) is 5.91 Å². The minimum Gasteiger partial charge on any atom is -0.493 e. The number of nitrogens with zero attached hydrogens (tertiary/aromatic N) is 3. The van der Waals surface area contributed by atoms with Crippen molar-refractivity contribution in [3.8, 4) is 5.75 Å². The summed E-state index contributed by atoms with van der Waals surface area (Å²) in [6, 6.07) is 8.18. The van der Waals surface area contributed by atoms with Gasteiger partial charge in [-0.1, -0.05) is 41.0 Å². The molecule has 192 valence electrons. The Labute approximate surface area is 220 Å². The zero-order chi connectivity index (χ0) is 26.3. The number of ether oxygens (including phenoxy) is 1. The van der Waals surface area contributed by atoms with Gasteiger partial charge in [-0.25, -0.2) is 0 Å². The zero-order valence-corrected chi connectivity index (χ0v) is 21.6. The number of benzene rings is 2. The summed E-state index contributed by atoms with van der Waals surface area (Å²) in [7, 11) is 0. The summed E-state index contributed by atoms with van der Waals surface area (Å²) in [6.45, 7) is 6.57. The highest BCUT2D eigenvalue weighted by Crippen LogP contribution is 2.34. The van der Waals surface area contributed by atoms with E-state index >= 15 is 0 Å². The molecule has 0 saturated heterocycles. The van der Waals surface area contributed by atoms with Crippen LogP contribution in [0.2, 0.25) is 10.0 Å². The summed E-state index contributed by atoms with van der Waals surface area (Å²) >= 11 is 13.0. The third-order valence-electron chi connectivity index (χ3n) is 4.94. The molecule has 1 heterocycles. The molecule has 0 bridgehead atoms. The van der Waals surface area contributed by atoms with Crippen LogP contribution in [0.25, 0.3) is 0 Å². The van der Waals surface area contributed by atoms with Crippen LogP contribution in [0.1, 0.15) is 23.4 Å². The molecule has 12 heteroatoms. The number of aromatic nitrogens is 3. The largest absolute Gasteiger partial charge is 0.493 e. The fourth-order valence-electron chi connectivity index (χ4n) is 3.22. The Balaban J connectivity index is 1.57. The maximum absolute atomic E-state index is 13.0. The lowest BCUT2D eigenvalue weighted by Crippen LogP contribution is -2.16. The number of nitrogens with one attached hydrogen (secondary N) is 1. The lowest BCUT2D eigenvalue weighted by molar-refractivity contribution is -0.137. The number of alkyl halides is 3. The van der Waals surface area contributed by atoms with Crippen LogP contribution in [0.4, 0.5) is 18.9 Å². The maximum atomic E-state index is 13.0. The van der Waals surface area contributed by atoms with Gasteiger partial charge in [-0.05, 0) is 55.3 Å². The molecule has 0 atom stereocenters. The van der Waals surface area contributed by atoms with Gasteiger partial charge >= 0.3 is 6.18 Å². The molecule has 0 radical (unpaired) electrons. The molecular formula is C24H23Cl2F3N4O2S. The number of halogens is 5. The van der Waals surface area contributed by atoms with Crippen LogP contribution in [-0.4, -0.2) is 33.0 Å². The minimum atomic E-state index is -4.55. The van der Waals surface area contributed by atoms with Gasteiger partial charge in [0.15, 0.2) is 5.16 Å². The SMILES string of the molecule is C=CCn1c(CCCOc2ccc(Cl)cc2C)nnc1SCC(=O)Nc1cc(C(F)(F)F)ccc1Cl. The Kier molecular flexibility index (Phi) is 9.69.